The molecule has 220 valence electrons. The Bertz CT molecular complexity index is 1510. The van der Waals surface area contributed by atoms with Crippen molar-refractivity contribution in [1.82, 2.24) is 10.2 Å². The number of carbonyl (C=O) groups excluding carboxylic acids is 2. The van der Waals surface area contributed by atoms with E-state index >= 15 is 0 Å². The van der Waals surface area contributed by atoms with Crippen LogP contribution in [-0.4, -0.2) is 43.8 Å². The zero-order valence-corrected chi connectivity index (χ0v) is 26.7. The highest BCUT2D eigenvalue weighted by Gasteiger charge is 2.33. The molecule has 0 aliphatic rings. The van der Waals surface area contributed by atoms with Gasteiger partial charge in [-0.25, -0.2) is 8.42 Å². The number of benzene rings is 3. The van der Waals surface area contributed by atoms with E-state index in [1.54, 1.807) is 43.3 Å². The molecule has 0 radical (unpaired) electrons. The molecule has 11 heteroatoms. The maximum Gasteiger partial charge on any atom is 0.264 e. The van der Waals surface area contributed by atoms with Gasteiger partial charge in [0.2, 0.25) is 11.8 Å². The summed E-state index contributed by atoms with van der Waals surface area (Å²) in [6.45, 7) is 8.60. The van der Waals surface area contributed by atoms with E-state index in [1.807, 2.05) is 27.7 Å². The Morgan fingerprint density at radius 1 is 0.878 bits per heavy atom. The van der Waals surface area contributed by atoms with Gasteiger partial charge in [-0.05, 0) is 99.3 Å². The molecule has 0 aromatic heterocycles. The topological polar surface area (TPSA) is 86.8 Å². The molecule has 3 rings (SSSR count). The highest BCUT2D eigenvalue weighted by molar-refractivity contribution is 7.92. The van der Waals surface area contributed by atoms with Crippen molar-refractivity contribution in [3.05, 3.63) is 92.4 Å². The second-order valence-electron chi connectivity index (χ2n) is 9.99. The molecule has 0 aliphatic carbocycles. The molecule has 0 saturated carbocycles. The van der Waals surface area contributed by atoms with Crippen LogP contribution in [0.3, 0.4) is 0 Å². The number of aryl methyl sites for hydroxylation is 2. The van der Waals surface area contributed by atoms with E-state index in [0.717, 1.165) is 15.4 Å². The minimum absolute atomic E-state index is 0.0252. The van der Waals surface area contributed by atoms with E-state index in [2.05, 4.69) is 5.32 Å². The Morgan fingerprint density at radius 3 is 2.10 bits per heavy atom. The Balaban J connectivity index is 2.07. The van der Waals surface area contributed by atoms with Gasteiger partial charge < -0.3 is 10.2 Å². The summed E-state index contributed by atoms with van der Waals surface area (Å²) in [6, 6.07) is 14.7. The second kappa shape index (κ2) is 13.9. The number of amides is 2. The molecule has 3 aromatic rings. The largest absolute Gasteiger partial charge is 0.352 e. The van der Waals surface area contributed by atoms with Crippen molar-refractivity contribution in [2.45, 2.75) is 64.6 Å². The standard InChI is InChI=1S/C30H34Cl3N3O4S/c1-6-21(4)34-30(38)22(5)35(17-23-8-9-25(32)16-28(23)33)29(37)18-36(26-12-7-19(2)20(3)15-26)41(39,40)27-13-10-24(31)11-14-27/h7-16,21-22H,6,17-18H2,1-5H3,(H,34,38)/t21-,22-/m1/s1. The maximum atomic E-state index is 14.0. The van der Waals surface area contributed by atoms with Crippen LogP contribution >= 0.6 is 34.8 Å². The van der Waals surface area contributed by atoms with Crippen LogP contribution in [0.4, 0.5) is 5.69 Å². The van der Waals surface area contributed by atoms with Crippen LogP contribution in [0.25, 0.3) is 0 Å². The predicted octanol–water partition coefficient (Wildman–Crippen LogP) is 6.79. The molecule has 0 fully saturated rings. The molecule has 2 atom stereocenters. The van der Waals surface area contributed by atoms with Crippen molar-refractivity contribution in [3.8, 4) is 0 Å². The molecule has 7 nitrogen and oxygen atoms in total. The molecular formula is C30H34Cl3N3O4S. The third-order valence-electron chi connectivity index (χ3n) is 6.98. The van der Waals surface area contributed by atoms with Gasteiger partial charge in [0.15, 0.2) is 0 Å². The first-order valence-corrected chi connectivity index (χ1v) is 15.7. The van der Waals surface area contributed by atoms with Crippen LogP contribution in [0.15, 0.2) is 65.6 Å². The minimum Gasteiger partial charge on any atom is -0.352 e. The number of hydrogen-bond donors (Lipinski definition) is 1. The third kappa shape index (κ3) is 8.16. The lowest BCUT2D eigenvalue weighted by Crippen LogP contribution is -2.52. The third-order valence-corrected chi connectivity index (χ3v) is 9.61. The van der Waals surface area contributed by atoms with Gasteiger partial charge in [0.25, 0.3) is 10.0 Å². The molecule has 0 aliphatic heterocycles. The number of anilines is 1. The predicted molar refractivity (Wildman–Crippen MR) is 166 cm³/mol. The molecule has 3 aromatic carbocycles. The Kier molecular flexibility index (Phi) is 11.1. The monoisotopic (exact) mass is 637 g/mol. The molecule has 0 bridgehead atoms. The van der Waals surface area contributed by atoms with Crippen LogP contribution in [0.1, 0.15) is 43.9 Å². The zero-order chi connectivity index (χ0) is 30.5. The molecule has 2 amide bonds. The molecule has 0 spiro atoms. The average molecular weight is 639 g/mol. The number of halogens is 3. The molecule has 0 saturated heterocycles. The van der Waals surface area contributed by atoms with Crippen LogP contribution in [0, 0.1) is 13.8 Å². The fourth-order valence-corrected chi connectivity index (χ4v) is 6.03. The van der Waals surface area contributed by atoms with Gasteiger partial charge in [-0.3, -0.25) is 13.9 Å². The van der Waals surface area contributed by atoms with Crippen molar-refractivity contribution in [3.63, 3.8) is 0 Å². The van der Waals surface area contributed by atoms with Crippen LogP contribution in [0.2, 0.25) is 15.1 Å². The average Bonchev–Trinajstić information content (AvgIpc) is 2.92. The highest BCUT2D eigenvalue weighted by Crippen LogP contribution is 2.28. The fraction of sp³-hybridized carbons (Fsp3) is 0.333. The number of sulfonamides is 1. The lowest BCUT2D eigenvalue weighted by atomic mass is 10.1. The number of carbonyl (C=O) groups is 2. The summed E-state index contributed by atoms with van der Waals surface area (Å²) in [5.41, 5.74) is 2.71. The first-order valence-electron chi connectivity index (χ1n) is 13.1. The van der Waals surface area contributed by atoms with E-state index < -0.39 is 28.5 Å². The van der Waals surface area contributed by atoms with Crippen molar-refractivity contribution < 1.29 is 18.0 Å². The van der Waals surface area contributed by atoms with E-state index in [-0.39, 0.29) is 23.4 Å². The molecule has 0 unspecified atom stereocenters. The van der Waals surface area contributed by atoms with Gasteiger partial charge in [0.05, 0.1) is 10.6 Å². The summed E-state index contributed by atoms with van der Waals surface area (Å²) < 4.78 is 28.9. The molecular weight excluding hydrogens is 605 g/mol. The summed E-state index contributed by atoms with van der Waals surface area (Å²) in [5.74, 6) is -0.949. The lowest BCUT2D eigenvalue weighted by Gasteiger charge is -2.32. The number of hydrogen-bond acceptors (Lipinski definition) is 4. The van der Waals surface area contributed by atoms with Gasteiger partial charge >= 0.3 is 0 Å². The quantitative estimate of drug-likeness (QED) is 0.251. The number of nitrogens with one attached hydrogen (secondary N) is 1. The minimum atomic E-state index is -4.20. The van der Waals surface area contributed by atoms with Crippen molar-refractivity contribution >= 4 is 62.3 Å². The smallest absolute Gasteiger partial charge is 0.264 e. The SMILES string of the molecule is CC[C@@H](C)NC(=O)[C@@H](C)N(Cc1ccc(Cl)cc1Cl)C(=O)CN(c1ccc(C)c(C)c1)S(=O)(=O)c1ccc(Cl)cc1. The van der Waals surface area contributed by atoms with E-state index in [9.17, 15) is 18.0 Å². The van der Waals surface area contributed by atoms with Crippen molar-refractivity contribution in [1.29, 1.82) is 0 Å². The molecule has 1 N–H and O–H groups in total. The normalized spacial score (nSPS) is 12.9. The highest BCUT2D eigenvalue weighted by atomic mass is 35.5. The Hall–Kier alpha value is -2.78. The Labute approximate surface area is 257 Å². The summed E-state index contributed by atoms with van der Waals surface area (Å²) in [6.07, 6.45) is 0.704. The first-order chi connectivity index (χ1) is 19.2. The van der Waals surface area contributed by atoms with Crippen molar-refractivity contribution in [2.24, 2.45) is 0 Å². The van der Waals surface area contributed by atoms with Gasteiger partial charge in [-0.1, -0.05) is 53.9 Å². The maximum absolute atomic E-state index is 14.0. The second-order valence-corrected chi connectivity index (χ2v) is 13.1. The van der Waals surface area contributed by atoms with Crippen LogP contribution in [0.5, 0.6) is 0 Å². The van der Waals surface area contributed by atoms with Crippen molar-refractivity contribution in [2.75, 3.05) is 10.8 Å². The van der Waals surface area contributed by atoms with Crippen LogP contribution in [-0.2, 0) is 26.2 Å². The summed E-state index contributed by atoms with van der Waals surface area (Å²) >= 11 is 18.5. The summed E-state index contributed by atoms with van der Waals surface area (Å²) in [4.78, 5) is 28.5. The summed E-state index contributed by atoms with van der Waals surface area (Å²) in [7, 11) is -4.20. The van der Waals surface area contributed by atoms with Gasteiger partial charge in [-0.15, -0.1) is 0 Å². The van der Waals surface area contributed by atoms with Gasteiger partial charge in [-0.2, -0.15) is 0 Å². The number of rotatable bonds is 11. The number of nitrogens with zero attached hydrogens (tertiary/aromatic N) is 2. The van der Waals surface area contributed by atoms with Gasteiger partial charge in [0.1, 0.15) is 12.6 Å². The van der Waals surface area contributed by atoms with Gasteiger partial charge in [0, 0.05) is 27.7 Å². The zero-order valence-electron chi connectivity index (χ0n) is 23.6. The lowest BCUT2D eigenvalue weighted by molar-refractivity contribution is -0.139. The van der Waals surface area contributed by atoms with E-state index in [0.29, 0.717) is 32.7 Å². The van der Waals surface area contributed by atoms with E-state index in [1.165, 1.54) is 29.2 Å². The van der Waals surface area contributed by atoms with E-state index in [4.69, 9.17) is 34.8 Å². The molecule has 41 heavy (non-hydrogen) atoms. The first kappa shape index (κ1) is 32.7. The summed E-state index contributed by atoms with van der Waals surface area (Å²) in [5, 5.41) is 4.03. The van der Waals surface area contributed by atoms with Crippen LogP contribution < -0.4 is 9.62 Å². The Morgan fingerprint density at radius 2 is 1.51 bits per heavy atom. The fourth-order valence-electron chi connectivity index (χ4n) is 4.02. The molecule has 0 heterocycles.